The number of carbonyl (C=O) groups excluding carboxylic acids is 1. The standard InChI is InChI=1S/C12H12Cl2FNO/c13-8-2-1-5-16(7-8)12(17)10-4-3-9(15)6-11(10)14/h3-4,6,8H,1-2,5,7H2. The van der Waals surface area contributed by atoms with Gasteiger partial charge in [0.15, 0.2) is 0 Å². The van der Waals surface area contributed by atoms with Crippen molar-refractivity contribution in [1.82, 2.24) is 4.90 Å². The van der Waals surface area contributed by atoms with E-state index < -0.39 is 5.82 Å². The lowest BCUT2D eigenvalue weighted by Gasteiger charge is -2.30. The Morgan fingerprint density at radius 1 is 1.47 bits per heavy atom. The van der Waals surface area contributed by atoms with E-state index in [2.05, 4.69) is 0 Å². The molecule has 0 aliphatic carbocycles. The molecule has 0 bridgehead atoms. The van der Waals surface area contributed by atoms with E-state index in [0.29, 0.717) is 18.7 Å². The Hall–Kier alpha value is -0.800. The molecule has 92 valence electrons. The first-order chi connectivity index (χ1) is 8.08. The molecule has 5 heteroatoms. The van der Waals surface area contributed by atoms with Gasteiger partial charge in [0.25, 0.3) is 5.91 Å². The van der Waals surface area contributed by atoms with Gasteiger partial charge in [0.1, 0.15) is 5.82 Å². The Kier molecular flexibility index (Phi) is 3.89. The summed E-state index contributed by atoms with van der Waals surface area (Å²) in [6.45, 7) is 1.20. The number of amides is 1. The van der Waals surface area contributed by atoms with E-state index in [4.69, 9.17) is 23.2 Å². The van der Waals surface area contributed by atoms with Crippen molar-refractivity contribution in [2.45, 2.75) is 18.2 Å². The topological polar surface area (TPSA) is 20.3 Å². The zero-order valence-electron chi connectivity index (χ0n) is 9.13. The van der Waals surface area contributed by atoms with Gasteiger partial charge in [0.05, 0.1) is 16.0 Å². The molecule has 0 N–H and O–H groups in total. The summed E-state index contributed by atoms with van der Waals surface area (Å²) in [5.74, 6) is -0.624. The number of rotatable bonds is 1. The van der Waals surface area contributed by atoms with Crippen LogP contribution in [0.4, 0.5) is 4.39 Å². The molecule has 17 heavy (non-hydrogen) atoms. The van der Waals surface area contributed by atoms with E-state index in [1.54, 1.807) is 4.90 Å². The molecule has 1 fully saturated rings. The number of piperidine rings is 1. The highest BCUT2D eigenvalue weighted by molar-refractivity contribution is 6.33. The largest absolute Gasteiger partial charge is 0.337 e. The number of halogens is 3. The van der Waals surface area contributed by atoms with Gasteiger partial charge >= 0.3 is 0 Å². The molecule has 0 radical (unpaired) electrons. The van der Waals surface area contributed by atoms with Crippen LogP contribution in [0.5, 0.6) is 0 Å². The van der Waals surface area contributed by atoms with Crippen molar-refractivity contribution in [3.05, 3.63) is 34.6 Å². The summed E-state index contributed by atoms with van der Waals surface area (Å²) in [5, 5.41) is 0.138. The van der Waals surface area contributed by atoms with Gasteiger partial charge in [-0.1, -0.05) is 11.6 Å². The normalized spacial score (nSPS) is 20.4. The van der Waals surface area contributed by atoms with Crippen LogP contribution in [0.2, 0.25) is 5.02 Å². The maximum Gasteiger partial charge on any atom is 0.255 e. The van der Waals surface area contributed by atoms with E-state index in [1.807, 2.05) is 0 Å². The van der Waals surface area contributed by atoms with Gasteiger partial charge in [0, 0.05) is 13.1 Å². The Balaban J connectivity index is 2.18. The summed E-state index contributed by atoms with van der Waals surface area (Å²) in [6.07, 6.45) is 1.81. The van der Waals surface area contributed by atoms with E-state index in [1.165, 1.54) is 12.1 Å². The first-order valence-corrected chi connectivity index (χ1v) is 6.28. The third-order valence-electron chi connectivity index (χ3n) is 2.81. The van der Waals surface area contributed by atoms with Crippen LogP contribution in [-0.2, 0) is 0 Å². The zero-order valence-corrected chi connectivity index (χ0v) is 10.6. The molecule has 1 saturated heterocycles. The number of alkyl halides is 1. The molecule has 1 aromatic carbocycles. The predicted octanol–water partition coefficient (Wildman–Crippen LogP) is 3.32. The highest BCUT2D eigenvalue weighted by atomic mass is 35.5. The van der Waals surface area contributed by atoms with E-state index in [-0.39, 0.29) is 16.3 Å². The minimum absolute atomic E-state index is 0.00748. The molecule has 1 aromatic rings. The van der Waals surface area contributed by atoms with Crippen molar-refractivity contribution >= 4 is 29.1 Å². The quantitative estimate of drug-likeness (QED) is 0.720. The lowest BCUT2D eigenvalue weighted by Crippen LogP contribution is -2.40. The number of likely N-dealkylation sites (tertiary alicyclic amines) is 1. The maximum atomic E-state index is 12.9. The highest BCUT2D eigenvalue weighted by Crippen LogP contribution is 2.22. The smallest absolute Gasteiger partial charge is 0.255 e. The van der Waals surface area contributed by atoms with E-state index >= 15 is 0 Å². The van der Waals surface area contributed by atoms with Crippen LogP contribution in [0.3, 0.4) is 0 Å². The zero-order chi connectivity index (χ0) is 12.4. The second-order valence-electron chi connectivity index (χ2n) is 4.11. The number of hydrogen-bond donors (Lipinski definition) is 0. The van der Waals surface area contributed by atoms with Crippen molar-refractivity contribution in [3.8, 4) is 0 Å². The fourth-order valence-corrected chi connectivity index (χ4v) is 2.51. The number of nitrogens with zero attached hydrogens (tertiary/aromatic N) is 1. The SMILES string of the molecule is O=C(c1ccc(F)cc1Cl)N1CCCC(Cl)C1. The summed E-state index contributed by atoms with van der Waals surface area (Å²) in [4.78, 5) is 13.8. The molecule has 0 spiro atoms. The van der Waals surface area contributed by atoms with Crippen molar-refractivity contribution in [2.75, 3.05) is 13.1 Å². The third-order valence-corrected chi connectivity index (χ3v) is 3.48. The average molecular weight is 276 g/mol. The first kappa shape index (κ1) is 12.7. The molecule has 2 rings (SSSR count). The summed E-state index contributed by atoms with van der Waals surface area (Å²) < 4.78 is 12.9. The van der Waals surface area contributed by atoms with Gasteiger partial charge < -0.3 is 4.90 Å². The van der Waals surface area contributed by atoms with Crippen LogP contribution in [0, 0.1) is 5.82 Å². The van der Waals surface area contributed by atoms with Crippen LogP contribution in [-0.4, -0.2) is 29.3 Å². The summed E-state index contributed by atoms with van der Waals surface area (Å²) in [7, 11) is 0. The molecule has 0 saturated carbocycles. The Bertz CT molecular complexity index is 439. The molecule has 1 heterocycles. The molecule has 1 unspecified atom stereocenters. The van der Waals surface area contributed by atoms with E-state index in [9.17, 15) is 9.18 Å². The molecule has 1 aliphatic heterocycles. The fraction of sp³-hybridized carbons (Fsp3) is 0.417. The van der Waals surface area contributed by atoms with Gasteiger partial charge in [-0.15, -0.1) is 11.6 Å². The molecule has 1 aliphatic rings. The minimum Gasteiger partial charge on any atom is -0.337 e. The predicted molar refractivity (Wildman–Crippen MR) is 66.2 cm³/mol. The second kappa shape index (κ2) is 5.23. The fourth-order valence-electron chi connectivity index (χ4n) is 1.94. The monoisotopic (exact) mass is 275 g/mol. The van der Waals surface area contributed by atoms with Gasteiger partial charge in [0.2, 0.25) is 0 Å². The molecule has 2 nitrogen and oxygen atoms in total. The highest BCUT2D eigenvalue weighted by Gasteiger charge is 2.24. The van der Waals surface area contributed by atoms with Crippen LogP contribution in [0.1, 0.15) is 23.2 Å². The first-order valence-electron chi connectivity index (χ1n) is 5.46. The Morgan fingerprint density at radius 3 is 2.88 bits per heavy atom. The number of carbonyl (C=O) groups is 1. The van der Waals surface area contributed by atoms with Crippen LogP contribution in [0.25, 0.3) is 0 Å². The molecular weight excluding hydrogens is 264 g/mol. The van der Waals surface area contributed by atoms with Gasteiger partial charge in [-0.3, -0.25) is 4.79 Å². The van der Waals surface area contributed by atoms with Crippen LogP contribution in [0.15, 0.2) is 18.2 Å². The summed E-state index contributed by atoms with van der Waals surface area (Å²) in [5.41, 5.74) is 0.332. The van der Waals surface area contributed by atoms with Crippen molar-refractivity contribution in [1.29, 1.82) is 0 Å². The van der Waals surface area contributed by atoms with E-state index in [0.717, 1.165) is 18.9 Å². The molecule has 1 atom stereocenters. The van der Waals surface area contributed by atoms with Gasteiger partial charge in [-0.05, 0) is 31.0 Å². The Morgan fingerprint density at radius 2 is 2.24 bits per heavy atom. The lowest BCUT2D eigenvalue weighted by atomic mass is 10.1. The minimum atomic E-state index is -0.444. The van der Waals surface area contributed by atoms with Gasteiger partial charge in [-0.2, -0.15) is 0 Å². The summed E-state index contributed by atoms with van der Waals surface area (Å²) >= 11 is 11.9. The van der Waals surface area contributed by atoms with Crippen LogP contribution < -0.4 is 0 Å². The van der Waals surface area contributed by atoms with Crippen molar-refractivity contribution in [2.24, 2.45) is 0 Å². The Labute approximate surface area is 109 Å². The maximum absolute atomic E-state index is 12.9. The lowest BCUT2D eigenvalue weighted by molar-refractivity contribution is 0.0727. The number of benzene rings is 1. The van der Waals surface area contributed by atoms with Crippen molar-refractivity contribution in [3.63, 3.8) is 0 Å². The summed E-state index contributed by atoms with van der Waals surface area (Å²) in [6, 6.07) is 3.80. The second-order valence-corrected chi connectivity index (χ2v) is 5.14. The molecular formula is C12H12Cl2FNO. The molecule has 0 aromatic heterocycles. The van der Waals surface area contributed by atoms with Crippen LogP contribution >= 0.6 is 23.2 Å². The van der Waals surface area contributed by atoms with Gasteiger partial charge in [-0.25, -0.2) is 4.39 Å². The van der Waals surface area contributed by atoms with Crippen molar-refractivity contribution < 1.29 is 9.18 Å². The third kappa shape index (κ3) is 2.90. The average Bonchev–Trinajstić information content (AvgIpc) is 2.28. The molecule has 1 amide bonds. The number of hydrogen-bond acceptors (Lipinski definition) is 1.